The van der Waals surface area contributed by atoms with Crippen molar-refractivity contribution >= 4 is 17.9 Å². The van der Waals surface area contributed by atoms with Crippen LogP contribution < -0.4 is 0 Å². The van der Waals surface area contributed by atoms with Crippen molar-refractivity contribution < 1.29 is 28.6 Å². The van der Waals surface area contributed by atoms with E-state index in [0.717, 1.165) is 103 Å². The molecule has 6 heteroatoms. The van der Waals surface area contributed by atoms with Gasteiger partial charge < -0.3 is 14.2 Å². The zero-order valence-corrected chi connectivity index (χ0v) is 44.2. The molecule has 0 bridgehead atoms. The maximum absolute atomic E-state index is 12.8. The Hall–Kier alpha value is -3.15. The molecule has 0 heterocycles. The molecule has 0 amide bonds. The first kappa shape index (κ1) is 63.8. The van der Waals surface area contributed by atoms with Gasteiger partial charge in [-0.3, -0.25) is 14.4 Å². The maximum atomic E-state index is 12.8. The van der Waals surface area contributed by atoms with E-state index in [2.05, 4.69) is 93.7 Å². The molecule has 0 spiro atoms. The van der Waals surface area contributed by atoms with Crippen molar-refractivity contribution in [1.82, 2.24) is 0 Å². The lowest BCUT2D eigenvalue weighted by Gasteiger charge is -2.18. The number of carbonyl (C=O) groups excluding carboxylic acids is 3. The molecule has 0 fully saturated rings. The zero-order valence-electron chi connectivity index (χ0n) is 44.2. The maximum Gasteiger partial charge on any atom is 0.306 e. The summed E-state index contributed by atoms with van der Waals surface area (Å²) >= 11 is 0. The summed E-state index contributed by atoms with van der Waals surface area (Å²) in [5.41, 5.74) is 0. The van der Waals surface area contributed by atoms with Gasteiger partial charge in [-0.15, -0.1) is 0 Å². The van der Waals surface area contributed by atoms with E-state index in [1.165, 1.54) is 135 Å². The van der Waals surface area contributed by atoms with Crippen LogP contribution in [0.1, 0.15) is 278 Å². The van der Waals surface area contributed by atoms with Crippen molar-refractivity contribution in [3.8, 4) is 0 Å². The molecule has 0 aliphatic heterocycles. The molecular weight excluding hydrogens is 829 g/mol. The fourth-order valence-electron chi connectivity index (χ4n) is 7.83. The van der Waals surface area contributed by atoms with Crippen LogP contribution in [-0.4, -0.2) is 37.2 Å². The Balaban J connectivity index is 4.45. The number of hydrogen-bond acceptors (Lipinski definition) is 6. The topological polar surface area (TPSA) is 78.9 Å². The summed E-state index contributed by atoms with van der Waals surface area (Å²) in [5, 5.41) is 0. The Morgan fingerprint density at radius 1 is 0.299 bits per heavy atom. The lowest BCUT2D eigenvalue weighted by molar-refractivity contribution is -0.167. The van der Waals surface area contributed by atoms with Crippen molar-refractivity contribution in [1.29, 1.82) is 0 Å². The van der Waals surface area contributed by atoms with Crippen LogP contribution in [0.5, 0.6) is 0 Å². The number of rotatable bonds is 51. The van der Waals surface area contributed by atoms with E-state index in [1.807, 2.05) is 0 Å². The standard InChI is InChI=1S/C61H106O6/c1-4-7-10-13-16-19-22-25-28-30-33-36-39-42-45-48-51-54-60(63)66-57-58(56-65-59(62)53-50-47-44-41-38-35-32-27-24-21-18-15-12-9-6-3)67-61(64)55-52-49-46-43-40-37-34-31-29-26-23-20-17-14-11-8-5-2/h16-17,19-20,25-29,32,34,37,58H,4-15,18,21-24,30-31,33,35-36,38-57H2,1-3H3/b19-16-,20-17-,28-25-,29-26-,32-27-,37-34-/t58-/m0/s1. The molecule has 0 aromatic carbocycles. The summed E-state index contributed by atoms with van der Waals surface area (Å²) in [7, 11) is 0. The van der Waals surface area contributed by atoms with E-state index in [4.69, 9.17) is 14.2 Å². The quantitative estimate of drug-likeness (QED) is 0.0262. The third-order valence-electron chi connectivity index (χ3n) is 12.2. The lowest BCUT2D eigenvalue weighted by Crippen LogP contribution is -2.30. The van der Waals surface area contributed by atoms with Gasteiger partial charge in [-0.2, -0.15) is 0 Å². The van der Waals surface area contributed by atoms with Crippen LogP contribution in [0.25, 0.3) is 0 Å². The molecule has 0 saturated heterocycles. The first-order valence-corrected chi connectivity index (χ1v) is 28.4. The fraction of sp³-hybridized carbons (Fsp3) is 0.754. The molecule has 0 aromatic rings. The SMILES string of the molecule is CCCCC/C=C\C/C=C\C/C=C\CCCCCCC(=O)O[C@@H](COC(=O)CCCCCCC/C=C\CCCCCCCC)COC(=O)CCCCCCCCC/C=C\C/C=C\CCCCC. The van der Waals surface area contributed by atoms with E-state index in [9.17, 15) is 14.4 Å². The molecule has 0 radical (unpaired) electrons. The Labute approximate surface area is 414 Å². The number of allylic oxidation sites excluding steroid dienone is 12. The molecule has 6 nitrogen and oxygen atoms in total. The largest absolute Gasteiger partial charge is 0.462 e. The number of carbonyl (C=O) groups is 3. The second kappa shape index (κ2) is 55.4. The molecule has 0 aliphatic carbocycles. The predicted octanol–water partition coefficient (Wildman–Crippen LogP) is 19.0. The Kier molecular flexibility index (Phi) is 52.8. The zero-order chi connectivity index (χ0) is 48.6. The summed E-state index contributed by atoms with van der Waals surface area (Å²) in [5.74, 6) is -0.922. The van der Waals surface area contributed by atoms with Crippen molar-refractivity contribution in [2.75, 3.05) is 13.2 Å². The van der Waals surface area contributed by atoms with Crippen molar-refractivity contribution in [2.24, 2.45) is 0 Å². The minimum atomic E-state index is -0.794. The minimum absolute atomic E-state index is 0.0910. The van der Waals surface area contributed by atoms with Crippen LogP contribution in [0.3, 0.4) is 0 Å². The molecule has 0 aliphatic rings. The fourth-order valence-corrected chi connectivity index (χ4v) is 7.83. The Morgan fingerprint density at radius 3 is 0.881 bits per heavy atom. The van der Waals surface area contributed by atoms with Crippen molar-refractivity contribution in [2.45, 2.75) is 284 Å². The van der Waals surface area contributed by atoms with Gasteiger partial charge in [-0.1, -0.05) is 216 Å². The third kappa shape index (κ3) is 53.7. The molecule has 0 rings (SSSR count). The van der Waals surface area contributed by atoms with Crippen LogP contribution in [0.4, 0.5) is 0 Å². The number of esters is 3. The average Bonchev–Trinajstić information content (AvgIpc) is 3.33. The summed E-state index contributed by atoms with van der Waals surface area (Å²) in [6.07, 6.45) is 70.2. The number of hydrogen-bond donors (Lipinski definition) is 0. The number of unbranched alkanes of at least 4 members (excludes halogenated alkanes) is 28. The normalized spacial score (nSPS) is 12.6. The summed E-state index contributed by atoms with van der Waals surface area (Å²) in [4.78, 5) is 38.1. The molecule has 0 aromatic heterocycles. The summed E-state index contributed by atoms with van der Waals surface area (Å²) < 4.78 is 16.8. The van der Waals surface area contributed by atoms with Gasteiger partial charge in [0.15, 0.2) is 6.10 Å². The first-order chi connectivity index (χ1) is 33.0. The van der Waals surface area contributed by atoms with Gasteiger partial charge in [0.1, 0.15) is 13.2 Å². The highest BCUT2D eigenvalue weighted by Crippen LogP contribution is 2.14. The van der Waals surface area contributed by atoms with E-state index in [-0.39, 0.29) is 31.1 Å². The van der Waals surface area contributed by atoms with Gasteiger partial charge in [0.2, 0.25) is 0 Å². The predicted molar refractivity (Wildman–Crippen MR) is 288 cm³/mol. The van der Waals surface area contributed by atoms with Gasteiger partial charge in [-0.05, 0) is 116 Å². The van der Waals surface area contributed by atoms with E-state index < -0.39 is 6.10 Å². The molecule has 1 atom stereocenters. The van der Waals surface area contributed by atoms with Gasteiger partial charge in [0.25, 0.3) is 0 Å². The van der Waals surface area contributed by atoms with Crippen LogP contribution in [-0.2, 0) is 28.6 Å². The highest BCUT2D eigenvalue weighted by atomic mass is 16.6. The summed E-state index contributed by atoms with van der Waals surface area (Å²) in [6, 6.07) is 0. The van der Waals surface area contributed by atoms with Crippen molar-refractivity contribution in [3.63, 3.8) is 0 Å². The highest BCUT2D eigenvalue weighted by Gasteiger charge is 2.19. The molecule has 386 valence electrons. The first-order valence-electron chi connectivity index (χ1n) is 28.4. The van der Waals surface area contributed by atoms with Gasteiger partial charge >= 0.3 is 17.9 Å². The van der Waals surface area contributed by atoms with Gasteiger partial charge in [0.05, 0.1) is 0 Å². The minimum Gasteiger partial charge on any atom is -0.462 e. The summed E-state index contributed by atoms with van der Waals surface area (Å²) in [6.45, 7) is 6.56. The highest BCUT2D eigenvalue weighted by molar-refractivity contribution is 5.71. The molecular formula is C61H106O6. The van der Waals surface area contributed by atoms with Gasteiger partial charge in [-0.25, -0.2) is 0 Å². The smallest absolute Gasteiger partial charge is 0.306 e. The van der Waals surface area contributed by atoms with Crippen LogP contribution in [0, 0.1) is 0 Å². The van der Waals surface area contributed by atoms with Crippen molar-refractivity contribution in [3.05, 3.63) is 72.9 Å². The average molecular weight is 936 g/mol. The van der Waals surface area contributed by atoms with E-state index in [0.29, 0.717) is 19.3 Å². The second-order valence-corrected chi connectivity index (χ2v) is 18.8. The van der Waals surface area contributed by atoms with Crippen LogP contribution in [0.2, 0.25) is 0 Å². The molecule has 0 unspecified atom stereocenters. The van der Waals surface area contributed by atoms with Gasteiger partial charge in [0, 0.05) is 19.3 Å². The van der Waals surface area contributed by atoms with Crippen LogP contribution >= 0.6 is 0 Å². The molecule has 0 N–H and O–H groups in total. The molecule has 67 heavy (non-hydrogen) atoms. The van der Waals surface area contributed by atoms with E-state index >= 15 is 0 Å². The van der Waals surface area contributed by atoms with E-state index in [1.54, 1.807) is 0 Å². The monoisotopic (exact) mass is 935 g/mol. The molecule has 0 saturated carbocycles. The lowest BCUT2D eigenvalue weighted by atomic mass is 10.1. The third-order valence-corrected chi connectivity index (χ3v) is 12.2. The number of ether oxygens (including phenoxy) is 3. The Morgan fingerprint density at radius 2 is 0.537 bits per heavy atom. The van der Waals surface area contributed by atoms with Crippen LogP contribution in [0.15, 0.2) is 72.9 Å². The Bertz CT molecular complexity index is 1260. The second-order valence-electron chi connectivity index (χ2n) is 18.8.